The van der Waals surface area contributed by atoms with Crippen molar-refractivity contribution >= 4 is 33.6 Å². The largest absolute Gasteiger partial charge is 0.346 e. The summed E-state index contributed by atoms with van der Waals surface area (Å²) >= 11 is 5.04. The fraction of sp³-hybridized carbons (Fsp3) is 0.417. The topological polar surface area (TPSA) is 29.1 Å². The van der Waals surface area contributed by atoms with E-state index < -0.39 is 0 Å². The number of amides is 1. The molecular formula is C12H16BrNOS. The zero-order valence-corrected chi connectivity index (χ0v) is 12.1. The normalized spacial score (nSPS) is 11.2. The summed E-state index contributed by atoms with van der Waals surface area (Å²) in [6.07, 6.45) is 2.02. The molecule has 0 saturated carbocycles. The van der Waals surface area contributed by atoms with Crippen LogP contribution in [0.25, 0.3) is 0 Å². The molecule has 0 heterocycles. The Morgan fingerprint density at radius 2 is 1.94 bits per heavy atom. The highest BCUT2D eigenvalue weighted by atomic mass is 79.9. The predicted molar refractivity (Wildman–Crippen MR) is 73.6 cm³/mol. The molecule has 1 aromatic carbocycles. The van der Waals surface area contributed by atoms with Gasteiger partial charge in [0.05, 0.1) is 0 Å². The zero-order chi connectivity index (χ0) is 12.2. The van der Waals surface area contributed by atoms with Gasteiger partial charge in [-0.1, -0.05) is 15.9 Å². The van der Waals surface area contributed by atoms with E-state index in [4.69, 9.17) is 0 Å². The molecule has 0 bridgehead atoms. The minimum absolute atomic E-state index is 0.0305. The van der Waals surface area contributed by atoms with Crippen LogP contribution in [0.4, 0.5) is 0 Å². The van der Waals surface area contributed by atoms with Crippen LogP contribution in [-0.2, 0) is 0 Å². The Morgan fingerprint density at radius 1 is 1.38 bits per heavy atom. The quantitative estimate of drug-likeness (QED) is 0.683. The van der Waals surface area contributed by atoms with E-state index in [2.05, 4.69) is 21.2 Å². The number of halogens is 1. The van der Waals surface area contributed by atoms with Crippen molar-refractivity contribution in [3.8, 4) is 0 Å². The van der Waals surface area contributed by atoms with Gasteiger partial charge in [-0.25, -0.2) is 0 Å². The lowest BCUT2D eigenvalue weighted by atomic mass is 10.1. The second-order valence-electron chi connectivity index (χ2n) is 4.20. The summed E-state index contributed by atoms with van der Waals surface area (Å²) in [5, 5.41) is 3.70. The van der Waals surface area contributed by atoms with E-state index in [1.54, 1.807) is 11.8 Å². The van der Waals surface area contributed by atoms with Crippen LogP contribution in [0.2, 0.25) is 0 Å². The summed E-state index contributed by atoms with van der Waals surface area (Å²) in [7, 11) is 0. The minimum atomic E-state index is -0.227. The molecule has 88 valence electrons. The molecule has 0 aliphatic carbocycles. The standard InChI is InChI=1S/C12H16BrNOS/c1-12(2,8-13)14-11(15)9-4-6-10(16-3)7-5-9/h4-7H,8H2,1-3H3,(H,14,15). The third-order valence-corrected chi connectivity index (χ3v) is 4.28. The van der Waals surface area contributed by atoms with Crippen molar-refractivity contribution in [3.05, 3.63) is 29.8 Å². The van der Waals surface area contributed by atoms with Crippen molar-refractivity contribution in [2.45, 2.75) is 24.3 Å². The van der Waals surface area contributed by atoms with Crippen LogP contribution in [0.15, 0.2) is 29.2 Å². The average Bonchev–Trinajstić information content (AvgIpc) is 2.28. The van der Waals surface area contributed by atoms with Crippen LogP contribution in [-0.4, -0.2) is 23.0 Å². The maximum atomic E-state index is 11.9. The molecule has 0 saturated heterocycles. The minimum Gasteiger partial charge on any atom is -0.346 e. The fourth-order valence-corrected chi connectivity index (χ4v) is 1.70. The van der Waals surface area contributed by atoms with Gasteiger partial charge >= 0.3 is 0 Å². The first-order chi connectivity index (χ1) is 7.48. The number of carbonyl (C=O) groups is 1. The van der Waals surface area contributed by atoms with Gasteiger partial charge in [-0.3, -0.25) is 4.79 Å². The van der Waals surface area contributed by atoms with Gasteiger partial charge in [-0.05, 0) is 44.4 Å². The molecule has 1 amide bonds. The molecule has 0 radical (unpaired) electrons. The third-order valence-electron chi connectivity index (χ3n) is 2.14. The molecule has 1 N–H and O–H groups in total. The lowest BCUT2D eigenvalue weighted by molar-refractivity contribution is 0.0921. The van der Waals surface area contributed by atoms with Gasteiger partial charge in [0.15, 0.2) is 0 Å². The first-order valence-corrected chi connectivity index (χ1v) is 7.35. The molecule has 0 unspecified atom stereocenters. The van der Waals surface area contributed by atoms with E-state index in [0.29, 0.717) is 5.56 Å². The Labute approximate surface area is 109 Å². The number of hydrogen-bond donors (Lipinski definition) is 1. The molecule has 0 aliphatic rings. The van der Waals surface area contributed by atoms with Gasteiger partial charge in [-0.15, -0.1) is 11.8 Å². The summed E-state index contributed by atoms with van der Waals surface area (Å²) in [5.74, 6) is -0.0305. The zero-order valence-electron chi connectivity index (χ0n) is 9.71. The molecule has 0 fully saturated rings. The lowest BCUT2D eigenvalue weighted by Crippen LogP contribution is -2.44. The fourth-order valence-electron chi connectivity index (χ4n) is 1.16. The number of thioether (sulfide) groups is 1. The van der Waals surface area contributed by atoms with Crippen LogP contribution in [0.1, 0.15) is 24.2 Å². The van der Waals surface area contributed by atoms with Gasteiger partial charge in [0, 0.05) is 21.3 Å². The van der Waals surface area contributed by atoms with E-state index in [-0.39, 0.29) is 11.4 Å². The maximum Gasteiger partial charge on any atom is 0.251 e. The van der Waals surface area contributed by atoms with E-state index in [9.17, 15) is 4.79 Å². The van der Waals surface area contributed by atoms with Crippen LogP contribution in [0, 0.1) is 0 Å². The molecule has 0 aliphatic heterocycles. The monoisotopic (exact) mass is 301 g/mol. The third kappa shape index (κ3) is 3.83. The molecule has 0 aromatic heterocycles. The summed E-state index contributed by atoms with van der Waals surface area (Å²) in [5.41, 5.74) is 0.474. The highest BCUT2D eigenvalue weighted by molar-refractivity contribution is 9.09. The highest BCUT2D eigenvalue weighted by Gasteiger charge is 2.19. The first-order valence-electron chi connectivity index (χ1n) is 5.01. The SMILES string of the molecule is CSc1ccc(C(=O)NC(C)(C)CBr)cc1. The predicted octanol–water partition coefficient (Wildman–Crippen LogP) is 3.31. The Bertz CT molecular complexity index is 362. The number of benzene rings is 1. The molecule has 16 heavy (non-hydrogen) atoms. The van der Waals surface area contributed by atoms with Crippen molar-refractivity contribution in [2.24, 2.45) is 0 Å². The average molecular weight is 302 g/mol. The lowest BCUT2D eigenvalue weighted by Gasteiger charge is -2.23. The number of rotatable bonds is 4. The van der Waals surface area contributed by atoms with Crippen molar-refractivity contribution in [1.29, 1.82) is 0 Å². The molecule has 1 rings (SSSR count). The van der Waals surface area contributed by atoms with Crippen molar-refractivity contribution in [3.63, 3.8) is 0 Å². The van der Waals surface area contributed by atoms with Crippen LogP contribution in [0.5, 0.6) is 0 Å². The van der Waals surface area contributed by atoms with Crippen LogP contribution < -0.4 is 5.32 Å². The number of alkyl halides is 1. The Morgan fingerprint density at radius 3 is 2.38 bits per heavy atom. The van der Waals surface area contributed by atoms with Gasteiger partial charge in [0.2, 0.25) is 0 Å². The maximum absolute atomic E-state index is 11.9. The number of nitrogens with one attached hydrogen (secondary N) is 1. The number of hydrogen-bond acceptors (Lipinski definition) is 2. The second-order valence-corrected chi connectivity index (χ2v) is 5.64. The molecule has 0 spiro atoms. The van der Waals surface area contributed by atoms with Gasteiger partial charge in [0.1, 0.15) is 0 Å². The van der Waals surface area contributed by atoms with Gasteiger partial charge in [-0.2, -0.15) is 0 Å². The molecule has 4 heteroatoms. The molecular weight excluding hydrogens is 286 g/mol. The van der Waals surface area contributed by atoms with Crippen molar-refractivity contribution in [1.82, 2.24) is 5.32 Å². The molecule has 2 nitrogen and oxygen atoms in total. The van der Waals surface area contributed by atoms with E-state index in [1.807, 2.05) is 44.4 Å². The van der Waals surface area contributed by atoms with E-state index in [1.165, 1.54) is 0 Å². The van der Waals surface area contributed by atoms with Gasteiger partial charge < -0.3 is 5.32 Å². The van der Waals surface area contributed by atoms with Crippen molar-refractivity contribution in [2.75, 3.05) is 11.6 Å². The van der Waals surface area contributed by atoms with Crippen LogP contribution in [0.3, 0.4) is 0 Å². The summed E-state index contributed by atoms with van der Waals surface area (Å²) in [4.78, 5) is 13.0. The van der Waals surface area contributed by atoms with Crippen LogP contribution >= 0.6 is 27.7 Å². The summed E-state index contributed by atoms with van der Waals surface area (Å²) < 4.78 is 0. The van der Waals surface area contributed by atoms with Gasteiger partial charge in [0.25, 0.3) is 5.91 Å². The first kappa shape index (κ1) is 13.6. The molecule has 0 atom stereocenters. The Hall–Kier alpha value is -0.480. The second kappa shape index (κ2) is 5.73. The highest BCUT2D eigenvalue weighted by Crippen LogP contribution is 2.15. The smallest absolute Gasteiger partial charge is 0.251 e. The molecule has 1 aromatic rings. The Balaban J connectivity index is 2.73. The summed E-state index contributed by atoms with van der Waals surface area (Å²) in [6.45, 7) is 3.96. The Kier molecular flexibility index (Phi) is 4.87. The van der Waals surface area contributed by atoms with E-state index >= 15 is 0 Å². The number of carbonyl (C=O) groups excluding carboxylic acids is 1. The van der Waals surface area contributed by atoms with Crippen molar-refractivity contribution < 1.29 is 4.79 Å². The van der Waals surface area contributed by atoms with E-state index in [0.717, 1.165) is 10.2 Å². The summed E-state index contributed by atoms with van der Waals surface area (Å²) in [6, 6.07) is 7.62.